The van der Waals surface area contributed by atoms with E-state index in [0.29, 0.717) is 29.4 Å². The quantitative estimate of drug-likeness (QED) is 0.634. The lowest BCUT2D eigenvalue weighted by Gasteiger charge is -2.08. The van der Waals surface area contributed by atoms with Gasteiger partial charge in [0.15, 0.2) is 0 Å². The van der Waals surface area contributed by atoms with Crippen molar-refractivity contribution < 1.29 is 9.59 Å². The molecule has 20 heavy (non-hydrogen) atoms. The largest absolute Gasteiger partial charge is 0.370 e. The number of hydrogen-bond donors (Lipinski definition) is 3. The Balaban J connectivity index is 2.52. The molecule has 0 saturated heterocycles. The molecule has 0 aromatic carbocycles. The van der Waals surface area contributed by atoms with Crippen LogP contribution in [0.1, 0.15) is 36.5 Å². The molecule has 0 radical (unpaired) electrons. The maximum absolute atomic E-state index is 11.8. The highest BCUT2D eigenvalue weighted by atomic mass is 35.5. The zero-order valence-electron chi connectivity index (χ0n) is 11.4. The highest BCUT2D eigenvalue weighted by Gasteiger charge is 2.09. The van der Waals surface area contributed by atoms with Crippen LogP contribution < -0.4 is 16.4 Å². The van der Waals surface area contributed by atoms with Crippen molar-refractivity contribution in [3.63, 3.8) is 0 Å². The third-order valence-electron chi connectivity index (χ3n) is 2.53. The van der Waals surface area contributed by atoms with Crippen molar-refractivity contribution in [2.24, 2.45) is 5.73 Å². The van der Waals surface area contributed by atoms with Crippen LogP contribution in [0.5, 0.6) is 0 Å². The summed E-state index contributed by atoms with van der Waals surface area (Å²) >= 11 is 6.05. The van der Waals surface area contributed by atoms with Crippen molar-refractivity contribution in [1.29, 1.82) is 0 Å². The number of rotatable bonds is 8. The summed E-state index contributed by atoms with van der Waals surface area (Å²) in [6, 6.07) is 1.57. The van der Waals surface area contributed by atoms with Gasteiger partial charge in [0, 0.05) is 25.7 Å². The van der Waals surface area contributed by atoms with E-state index in [0.717, 1.165) is 13.0 Å². The molecule has 2 amide bonds. The van der Waals surface area contributed by atoms with Crippen molar-refractivity contribution in [3.8, 4) is 0 Å². The van der Waals surface area contributed by atoms with Gasteiger partial charge in [-0.25, -0.2) is 4.98 Å². The van der Waals surface area contributed by atoms with Gasteiger partial charge >= 0.3 is 0 Å². The van der Waals surface area contributed by atoms with Gasteiger partial charge in [0.2, 0.25) is 5.91 Å². The van der Waals surface area contributed by atoms with Crippen molar-refractivity contribution in [2.45, 2.75) is 26.2 Å². The fraction of sp³-hybridized carbons (Fsp3) is 0.462. The normalized spacial score (nSPS) is 10.1. The van der Waals surface area contributed by atoms with Crippen molar-refractivity contribution in [3.05, 3.63) is 22.8 Å². The summed E-state index contributed by atoms with van der Waals surface area (Å²) in [6.07, 6.45) is 3.19. The fourth-order valence-corrected chi connectivity index (χ4v) is 1.74. The van der Waals surface area contributed by atoms with Crippen LogP contribution in [0.3, 0.4) is 0 Å². The summed E-state index contributed by atoms with van der Waals surface area (Å²) in [4.78, 5) is 26.5. The first kappa shape index (κ1) is 16.2. The number of nitrogens with one attached hydrogen (secondary N) is 2. The third-order valence-corrected chi connectivity index (χ3v) is 2.82. The van der Waals surface area contributed by atoms with E-state index in [-0.39, 0.29) is 18.2 Å². The lowest BCUT2D eigenvalue weighted by molar-refractivity contribution is -0.118. The Morgan fingerprint density at radius 1 is 1.40 bits per heavy atom. The van der Waals surface area contributed by atoms with Gasteiger partial charge in [-0.05, 0) is 18.9 Å². The minimum Gasteiger partial charge on any atom is -0.370 e. The van der Waals surface area contributed by atoms with Gasteiger partial charge in [-0.15, -0.1) is 0 Å². The fourth-order valence-electron chi connectivity index (χ4n) is 1.50. The first-order chi connectivity index (χ1) is 9.54. The number of nitrogens with two attached hydrogens (primary N) is 1. The summed E-state index contributed by atoms with van der Waals surface area (Å²) in [5.74, 6) is -0.0833. The van der Waals surface area contributed by atoms with E-state index in [2.05, 4.69) is 15.6 Å². The van der Waals surface area contributed by atoms with Gasteiger partial charge in [0.05, 0.1) is 10.6 Å². The maximum Gasteiger partial charge on any atom is 0.252 e. The number of pyridine rings is 1. The number of aromatic nitrogens is 1. The lowest BCUT2D eigenvalue weighted by Crippen LogP contribution is -2.25. The third kappa shape index (κ3) is 5.44. The van der Waals surface area contributed by atoms with Crippen LogP contribution in [0.25, 0.3) is 0 Å². The molecule has 0 atom stereocenters. The Morgan fingerprint density at radius 3 is 2.75 bits per heavy atom. The lowest BCUT2D eigenvalue weighted by atomic mass is 10.2. The van der Waals surface area contributed by atoms with Crippen LogP contribution in [0.15, 0.2) is 12.3 Å². The van der Waals surface area contributed by atoms with E-state index in [9.17, 15) is 9.59 Å². The number of anilines is 1. The number of halogens is 1. The molecular formula is C13H19ClN4O2. The number of amides is 2. The molecular weight excluding hydrogens is 280 g/mol. The van der Waals surface area contributed by atoms with Crippen molar-refractivity contribution >= 4 is 29.2 Å². The molecule has 1 aromatic heterocycles. The maximum atomic E-state index is 11.8. The first-order valence-corrected chi connectivity index (χ1v) is 6.88. The highest BCUT2D eigenvalue weighted by Crippen LogP contribution is 2.19. The van der Waals surface area contributed by atoms with Crippen molar-refractivity contribution in [2.75, 3.05) is 18.4 Å². The van der Waals surface area contributed by atoms with Gasteiger partial charge in [0.1, 0.15) is 5.82 Å². The molecule has 0 aliphatic heterocycles. The van der Waals surface area contributed by atoms with Crippen LogP contribution in [0, 0.1) is 0 Å². The number of carbonyl (C=O) groups is 2. The molecule has 6 nitrogen and oxygen atoms in total. The second-order valence-electron chi connectivity index (χ2n) is 4.31. The number of hydrogen-bond acceptors (Lipinski definition) is 4. The smallest absolute Gasteiger partial charge is 0.252 e. The van der Waals surface area contributed by atoms with Crippen molar-refractivity contribution in [1.82, 2.24) is 10.3 Å². The molecule has 0 fully saturated rings. The summed E-state index contributed by atoms with van der Waals surface area (Å²) < 4.78 is 0. The van der Waals surface area contributed by atoms with Gasteiger partial charge < -0.3 is 16.4 Å². The summed E-state index contributed by atoms with van der Waals surface area (Å²) in [5, 5.41) is 6.15. The average Bonchev–Trinajstić information content (AvgIpc) is 2.41. The second kappa shape index (κ2) is 8.37. The second-order valence-corrected chi connectivity index (χ2v) is 4.71. The SMILES string of the molecule is CCCNc1ncc(C(=O)NCCCC(N)=O)cc1Cl. The van der Waals surface area contributed by atoms with Crippen LogP contribution in [0.4, 0.5) is 5.82 Å². The summed E-state index contributed by atoms with van der Waals surface area (Å²) in [5.41, 5.74) is 5.40. The molecule has 0 unspecified atom stereocenters. The predicted molar refractivity (Wildman–Crippen MR) is 78.8 cm³/mol. The molecule has 1 heterocycles. The van der Waals surface area contributed by atoms with E-state index in [4.69, 9.17) is 17.3 Å². The number of primary amides is 1. The molecule has 110 valence electrons. The predicted octanol–water partition coefficient (Wildman–Crippen LogP) is 1.55. The molecule has 7 heteroatoms. The van der Waals surface area contributed by atoms with Crippen LogP contribution in [0.2, 0.25) is 5.02 Å². The topological polar surface area (TPSA) is 97.1 Å². The highest BCUT2D eigenvalue weighted by molar-refractivity contribution is 6.33. The minimum absolute atomic E-state index is 0.249. The van der Waals surface area contributed by atoms with E-state index in [1.54, 1.807) is 6.07 Å². The van der Waals surface area contributed by atoms with Gasteiger partial charge in [-0.3, -0.25) is 9.59 Å². The molecule has 1 rings (SSSR count). The van der Waals surface area contributed by atoms with Gasteiger partial charge in [0.25, 0.3) is 5.91 Å². The minimum atomic E-state index is -0.379. The molecule has 0 bridgehead atoms. The van der Waals surface area contributed by atoms with Crippen LogP contribution in [-0.2, 0) is 4.79 Å². The van der Waals surface area contributed by atoms with E-state index in [1.807, 2.05) is 6.92 Å². The Kier molecular flexibility index (Phi) is 6.79. The molecule has 4 N–H and O–H groups in total. The molecule has 0 aliphatic rings. The Labute approximate surface area is 123 Å². The van der Waals surface area contributed by atoms with Crippen LogP contribution >= 0.6 is 11.6 Å². The van der Waals surface area contributed by atoms with E-state index >= 15 is 0 Å². The number of nitrogens with zero attached hydrogens (tertiary/aromatic N) is 1. The molecule has 0 aliphatic carbocycles. The zero-order chi connectivity index (χ0) is 15.0. The average molecular weight is 299 g/mol. The monoisotopic (exact) mass is 298 g/mol. The van der Waals surface area contributed by atoms with Gasteiger partial charge in [-0.2, -0.15) is 0 Å². The van der Waals surface area contributed by atoms with Gasteiger partial charge in [-0.1, -0.05) is 18.5 Å². The van der Waals surface area contributed by atoms with E-state index in [1.165, 1.54) is 6.20 Å². The van der Waals surface area contributed by atoms with Crippen LogP contribution in [-0.4, -0.2) is 29.9 Å². The molecule has 1 aromatic rings. The standard InChI is InChI=1S/C13H19ClN4O2/c1-2-5-16-12-10(14)7-9(8-18-12)13(20)17-6-3-4-11(15)19/h7-8H,2-6H2,1H3,(H2,15,19)(H,16,18)(H,17,20). The molecule has 0 saturated carbocycles. The Bertz CT molecular complexity index is 479. The Hall–Kier alpha value is -1.82. The number of carbonyl (C=O) groups excluding carboxylic acids is 2. The summed E-state index contributed by atoms with van der Waals surface area (Å²) in [7, 11) is 0. The Morgan fingerprint density at radius 2 is 2.15 bits per heavy atom. The summed E-state index contributed by atoms with van der Waals surface area (Å²) in [6.45, 7) is 3.19. The first-order valence-electron chi connectivity index (χ1n) is 6.50. The zero-order valence-corrected chi connectivity index (χ0v) is 12.2. The molecule has 0 spiro atoms. The van der Waals surface area contributed by atoms with E-state index < -0.39 is 0 Å².